The Morgan fingerprint density at radius 2 is 1.85 bits per heavy atom. The first-order valence-corrected chi connectivity index (χ1v) is 11.3. The van der Waals surface area contributed by atoms with Gasteiger partial charge >= 0.3 is 0 Å². The highest BCUT2D eigenvalue weighted by atomic mass is 32.2. The van der Waals surface area contributed by atoms with E-state index in [4.69, 9.17) is 4.74 Å². The van der Waals surface area contributed by atoms with Gasteiger partial charge in [0.2, 0.25) is 15.9 Å². The van der Waals surface area contributed by atoms with E-state index in [-0.39, 0.29) is 5.91 Å². The molecule has 0 atom stereocenters. The number of carbonyl (C=O) groups excluding carboxylic acids is 1. The summed E-state index contributed by atoms with van der Waals surface area (Å²) >= 11 is 0. The summed E-state index contributed by atoms with van der Waals surface area (Å²) in [5.41, 5.74) is 1.71. The summed E-state index contributed by atoms with van der Waals surface area (Å²) in [6.07, 6.45) is 2.90. The summed E-state index contributed by atoms with van der Waals surface area (Å²) in [6, 6.07) is 7.35. The number of hydrogen-bond donors (Lipinski definition) is 1. The van der Waals surface area contributed by atoms with E-state index in [0.717, 1.165) is 44.8 Å². The molecule has 1 saturated heterocycles. The van der Waals surface area contributed by atoms with E-state index in [0.29, 0.717) is 31.6 Å². The van der Waals surface area contributed by atoms with Crippen LogP contribution in [0.25, 0.3) is 0 Å². The lowest BCUT2D eigenvalue weighted by molar-refractivity contribution is -0.121. The number of morpholine rings is 1. The van der Waals surface area contributed by atoms with Crippen LogP contribution in [0.1, 0.15) is 24.8 Å². The summed E-state index contributed by atoms with van der Waals surface area (Å²) in [5, 5.41) is 2.92. The highest BCUT2D eigenvalue weighted by molar-refractivity contribution is 7.92. The maximum atomic E-state index is 12.1. The maximum Gasteiger partial charge on any atom is 0.232 e. The van der Waals surface area contributed by atoms with Gasteiger partial charge in [0.15, 0.2) is 0 Å². The first kappa shape index (κ1) is 21.7. The fraction of sp³-hybridized carbons (Fsp3) is 0.632. The number of anilines is 1. The number of benzene rings is 1. The fourth-order valence-electron chi connectivity index (χ4n) is 3.02. The number of rotatable bonds is 10. The number of ether oxygens (including phenoxy) is 1. The molecule has 1 aliphatic rings. The molecule has 1 aromatic carbocycles. The summed E-state index contributed by atoms with van der Waals surface area (Å²) in [4.78, 5) is 14.3. The molecule has 0 radical (unpaired) electrons. The van der Waals surface area contributed by atoms with Crippen molar-refractivity contribution < 1.29 is 17.9 Å². The molecular formula is C19H31N3O4S. The van der Waals surface area contributed by atoms with Gasteiger partial charge in [0.1, 0.15) is 0 Å². The van der Waals surface area contributed by atoms with E-state index in [1.165, 1.54) is 10.6 Å². The van der Waals surface area contributed by atoms with Crippen LogP contribution in [0.5, 0.6) is 0 Å². The minimum Gasteiger partial charge on any atom is -0.379 e. The largest absolute Gasteiger partial charge is 0.379 e. The van der Waals surface area contributed by atoms with E-state index in [1.54, 1.807) is 12.1 Å². The van der Waals surface area contributed by atoms with Gasteiger partial charge in [0, 0.05) is 32.6 Å². The van der Waals surface area contributed by atoms with Gasteiger partial charge in [-0.05, 0) is 38.4 Å². The van der Waals surface area contributed by atoms with Crippen molar-refractivity contribution in [3.63, 3.8) is 0 Å². The minimum absolute atomic E-state index is 0.0330. The van der Waals surface area contributed by atoms with Gasteiger partial charge in [-0.1, -0.05) is 17.7 Å². The van der Waals surface area contributed by atoms with Gasteiger partial charge in [-0.2, -0.15) is 0 Å². The van der Waals surface area contributed by atoms with E-state index >= 15 is 0 Å². The quantitative estimate of drug-likeness (QED) is 0.604. The highest BCUT2D eigenvalue weighted by Crippen LogP contribution is 2.18. The van der Waals surface area contributed by atoms with Crippen LogP contribution in [0.15, 0.2) is 24.3 Å². The molecular weight excluding hydrogens is 366 g/mol. The van der Waals surface area contributed by atoms with Crippen LogP contribution in [-0.2, 0) is 19.6 Å². The van der Waals surface area contributed by atoms with Crippen LogP contribution in [0.4, 0.5) is 5.69 Å². The molecule has 27 heavy (non-hydrogen) atoms. The second-order valence-corrected chi connectivity index (χ2v) is 8.84. The smallest absolute Gasteiger partial charge is 0.232 e. The average Bonchev–Trinajstić information content (AvgIpc) is 2.63. The summed E-state index contributed by atoms with van der Waals surface area (Å²) < 4.78 is 30.8. The highest BCUT2D eigenvalue weighted by Gasteiger charge is 2.17. The van der Waals surface area contributed by atoms with Crippen molar-refractivity contribution in [2.75, 3.05) is 56.5 Å². The molecule has 0 aliphatic carbocycles. The van der Waals surface area contributed by atoms with Crippen LogP contribution in [-0.4, -0.2) is 71.4 Å². The molecule has 0 saturated carbocycles. The number of nitrogens with one attached hydrogen (secondary N) is 1. The fourth-order valence-corrected chi connectivity index (χ4v) is 3.99. The van der Waals surface area contributed by atoms with Gasteiger partial charge < -0.3 is 10.1 Å². The Morgan fingerprint density at radius 1 is 1.19 bits per heavy atom. The standard InChI is InChI=1S/C19H31N3O4S/c1-17-6-8-18(9-7-17)22(27(2,24)25)12-3-5-19(23)20-10-4-11-21-13-15-26-16-14-21/h6-9H,3-5,10-16H2,1-2H3,(H,20,23). The van der Waals surface area contributed by atoms with Gasteiger partial charge in [-0.25, -0.2) is 8.42 Å². The van der Waals surface area contributed by atoms with Crippen molar-refractivity contribution >= 4 is 21.6 Å². The van der Waals surface area contributed by atoms with Gasteiger partial charge in [-0.15, -0.1) is 0 Å². The lowest BCUT2D eigenvalue weighted by atomic mass is 10.2. The minimum atomic E-state index is -3.38. The Hall–Kier alpha value is -1.64. The van der Waals surface area contributed by atoms with Crippen molar-refractivity contribution in [1.82, 2.24) is 10.2 Å². The molecule has 7 nitrogen and oxygen atoms in total. The molecule has 2 rings (SSSR count). The zero-order valence-corrected chi connectivity index (χ0v) is 17.1. The van der Waals surface area contributed by atoms with E-state index in [9.17, 15) is 13.2 Å². The molecule has 0 unspecified atom stereocenters. The predicted molar refractivity (Wildman–Crippen MR) is 107 cm³/mol. The molecule has 1 aliphatic heterocycles. The zero-order chi connectivity index (χ0) is 19.7. The van der Waals surface area contributed by atoms with Crippen LogP contribution in [0, 0.1) is 6.92 Å². The lowest BCUT2D eigenvalue weighted by Gasteiger charge is -2.26. The first-order chi connectivity index (χ1) is 12.9. The van der Waals surface area contributed by atoms with Crippen molar-refractivity contribution in [3.05, 3.63) is 29.8 Å². The normalized spacial score (nSPS) is 15.5. The topological polar surface area (TPSA) is 79.0 Å². The number of aryl methyl sites for hydroxylation is 1. The van der Waals surface area contributed by atoms with Crippen LogP contribution in [0.2, 0.25) is 0 Å². The monoisotopic (exact) mass is 397 g/mol. The number of sulfonamides is 1. The summed E-state index contributed by atoms with van der Waals surface area (Å²) in [7, 11) is -3.38. The molecule has 0 bridgehead atoms. The third-order valence-corrected chi connectivity index (χ3v) is 5.76. The zero-order valence-electron chi connectivity index (χ0n) is 16.3. The molecule has 1 aromatic rings. The second kappa shape index (κ2) is 10.6. The number of hydrogen-bond acceptors (Lipinski definition) is 5. The molecule has 1 N–H and O–H groups in total. The van der Waals surface area contributed by atoms with Gasteiger partial charge in [0.25, 0.3) is 0 Å². The lowest BCUT2D eigenvalue weighted by Crippen LogP contribution is -2.38. The third kappa shape index (κ3) is 7.86. The maximum absolute atomic E-state index is 12.1. The Labute approximate surface area is 162 Å². The molecule has 8 heteroatoms. The van der Waals surface area contributed by atoms with Crippen molar-refractivity contribution in [2.45, 2.75) is 26.2 Å². The van der Waals surface area contributed by atoms with Crippen molar-refractivity contribution in [3.8, 4) is 0 Å². The second-order valence-electron chi connectivity index (χ2n) is 6.93. The molecule has 0 spiro atoms. The van der Waals surface area contributed by atoms with Crippen LogP contribution >= 0.6 is 0 Å². The summed E-state index contributed by atoms with van der Waals surface area (Å²) in [5.74, 6) is -0.0330. The van der Waals surface area contributed by atoms with Gasteiger partial charge in [0.05, 0.1) is 25.2 Å². The Morgan fingerprint density at radius 3 is 2.48 bits per heavy atom. The van der Waals surface area contributed by atoms with Crippen LogP contribution < -0.4 is 9.62 Å². The molecule has 0 aromatic heterocycles. The molecule has 1 heterocycles. The molecule has 1 fully saturated rings. The average molecular weight is 398 g/mol. The van der Waals surface area contributed by atoms with E-state index in [2.05, 4.69) is 10.2 Å². The Bertz CT molecular complexity index is 685. The number of amides is 1. The van der Waals surface area contributed by atoms with E-state index < -0.39 is 10.0 Å². The number of nitrogens with zero attached hydrogens (tertiary/aromatic N) is 2. The molecule has 152 valence electrons. The first-order valence-electron chi connectivity index (χ1n) is 9.47. The predicted octanol–water partition coefficient (Wildman–Crippen LogP) is 1.38. The molecule has 1 amide bonds. The Balaban J connectivity index is 1.69. The number of carbonyl (C=O) groups is 1. The summed E-state index contributed by atoms with van der Waals surface area (Å²) in [6.45, 7) is 7.32. The van der Waals surface area contributed by atoms with Crippen molar-refractivity contribution in [1.29, 1.82) is 0 Å². The SMILES string of the molecule is Cc1ccc(N(CCCC(=O)NCCCN2CCOCC2)S(C)(=O)=O)cc1. The van der Waals surface area contributed by atoms with E-state index in [1.807, 2.05) is 19.1 Å². The Kier molecular flexibility index (Phi) is 8.53. The van der Waals surface area contributed by atoms with Gasteiger partial charge in [-0.3, -0.25) is 14.0 Å². The van der Waals surface area contributed by atoms with Crippen molar-refractivity contribution in [2.24, 2.45) is 0 Å². The third-order valence-electron chi connectivity index (χ3n) is 4.56. The van der Waals surface area contributed by atoms with Crippen LogP contribution in [0.3, 0.4) is 0 Å².